The van der Waals surface area contributed by atoms with E-state index in [4.69, 9.17) is 0 Å². The lowest BCUT2D eigenvalue weighted by molar-refractivity contribution is 0.261. The van der Waals surface area contributed by atoms with Gasteiger partial charge in [-0.2, -0.15) is 0 Å². The number of hydrogen-bond acceptors (Lipinski definition) is 1. The summed E-state index contributed by atoms with van der Waals surface area (Å²) in [7, 11) is 0. The molecule has 3 unspecified atom stereocenters. The fourth-order valence-electron chi connectivity index (χ4n) is 3.36. The van der Waals surface area contributed by atoms with Crippen LogP contribution in [0.2, 0.25) is 0 Å². The summed E-state index contributed by atoms with van der Waals surface area (Å²) in [4.78, 5) is 4.63. The van der Waals surface area contributed by atoms with E-state index in [0.29, 0.717) is 11.8 Å². The summed E-state index contributed by atoms with van der Waals surface area (Å²) in [6.45, 7) is 13.8. The van der Waals surface area contributed by atoms with Crippen molar-refractivity contribution < 1.29 is 0 Å². The van der Waals surface area contributed by atoms with E-state index in [1.54, 1.807) is 0 Å². The van der Waals surface area contributed by atoms with Gasteiger partial charge < -0.3 is 0 Å². The van der Waals surface area contributed by atoms with Crippen LogP contribution in [-0.4, -0.2) is 6.21 Å². The van der Waals surface area contributed by atoms with Gasteiger partial charge in [0.05, 0.1) is 0 Å². The quantitative estimate of drug-likeness (QED) is 0.489. The molecule has 0 saturated carbocycles. The maximum atomic E-state index is 4.63. The standard InChI is InChI=1S/C20H35N/c1-7-9-17(5)13-19(10-8-2)20(6)12-11-18(16(3)4)14-21-15-20/h11-12,14-17,19H,7-10,13H2,1-6H3. The van der Waals surface area contributed by atoms with Crippen molar-refractivity contribution in [1.82, 2.24) is 0 Å². The van der Waals surface area contributed by atoms with Gasteiger partial charge in [0.2, 0.25) is 0 Å². The van der Waals surface area contributed by atoms with E-state index in [2.05, 4.69) is 64.9 Å². The minimum Gasteiger partial charge on any atom is -0.268 e. The van der Waals surface area contributed by atoms with E-state index < -0.39 is 0 Å². The van der Waals surface area contributed by atoms with Crippen molar-refractivity contribution in [3.8, 4) is 0 Å². The van der Waals surface area contributed by atoms with E-state index in [-0.39, 0.29) is 5.41 Å². The minimum absolute atomic E-state index is 0.102. The molecule has 1 aliphatic heterocycles. The highest BCUT2D eigenvalue weighted by Crippen LogP contribution is 2.38. The predicted molar refractivity (Wildman–Crippen MR) is 95.7 cm³/mol. The van der Waals surface area contributed by atoms with E-state index >= 15 is 0 Å². The van der Waals surface area contributed by atoms with Crippen molar-refractivity contribution in [2.75, 3.05) is 0 Å². The maximum absolute atomic E-state index is 4.63. The number of aliphatic imine (C=N–C) groups is 1. The largest absolute Gasteiger partial charge is 0.268 e. The molecule has 1 heteroatoms. The molecule has 3 atom stereocenters. The van der Waals surface area contributed by atoms with Crippen LogP contribution in [0, 0.1) is 23.2 Å². The van der Waals surface area contributed by atoms with Crippen LogP contribution in [0.4, 0.5) is 0 Å². The maximum Gasteiger partial charge on any atom is 0.0298 e. The molecule has 21 heavy (non-hydrogen) atoms. The summed E-state index contributed by atoms with van der Waals surface area (Å²) in [5.74, 6) is 2.05. The van der Waals surface area contributed by atoms with E-state index in [1.165, 1.54) is 37.7 Å². The zero-order valence-electron chi connectivity index (χ0n) is 15.0. The van der Waals surface area contributed by atoms with Crippen LogP contribution in [0.15, 0.2) is 28.9 Å². The normalized spacial score (nSPS) is 24.8. The molecule has 0 radical (unpaired) electrons. The average molecular weight is 290 g/mol. The Morgan fingerprint density at radius 3 is 2.33 bits per heavy atom. The van der Waals surface area contributed by atoms with Crippen LogP contribution in [0.25, 0.3) is 0 Å². The van der Waals surface area contributed by atoms with Crippen LogP contribution in [0.3, 0.4) is 0 Å². The fraction of sp³-hybridized carbons (Fsp3) is 0.750. The molecule has 0 spiro atoms. The fourth-order valence-corrected chi connectivity index (χ4v) is 3.36. The highest BCUT2D eigenvalue weighted by molar-refractivity contribution is 5.70. The molecule has 120 valence electrons. The molecule has 0 saturated heterocycles. The zero-order valence-corrected chi connectivity index (χ0v) is 15.0. The number of rotatable bonds is 8. The van der Waals surface area contributed by atoms with Crippen molar-refractivity contribution in [3.63, 3.8) is 0 Å². The Labute approximate surface area is 132 Å². The highest BCUT2D eigenvalue weighted by Gasteiger charge is 2.31. The Bertz CT molecular complexity index is 389. The summed E-state index contributed by atoms with van der Waals surface area (Å²) >= 11 is 0. The second-order valence-electron chi connectivity index (χ2n) is 7.38. The van der Waals surface area contributed by atoms with E-state index in [1.807, 2.05) is 6.20 Å². The van der Waals surface area contributed by atoms with Gasteiger partial charge in [-0.05, 0) is 36.2 Å². The first-order chi connectivity index (χ1) is 9.92. The minimum atomic E-state index is 0.102. The molecule has 0 amide bonds. The average Bonchev–Trinajstić information content (AvgIpc) is 2.61. The van der Waals surface area contributed by atoms with Gasteiger partial charge in [0.15, 0.2) is 0 Å². The van der Waals surface area contributed by atoms with Gasteiger partial charge in [0.25, 0.3) is 0 Å². The second-order valence-corrected chi connectivity index (χ2v) is 7.38. The van der Waals surface area contributed by atoms with E-state index in [0.717, 1.165) is 5.92 Å². The summed E-state index contributed by atoms with van der Waals surface area (Å²) in [5.41, 5.74) is 1.44. The Kier molecular flexibility index (Phi) is 7.42. The molecular formula is C20H35N. The zero-order chi connectivity index (χ0) is 15.9. The van der Waals surface area contributed by atoms with Crippen LogP contribution in [0.1, 0.15) is 73.6 Å². The van der Waals surface area contributed by atoms with Crippen molar-refractivity contribution in [3.05, 3.63) is 23.9 Å². The molecule has 0 bridgehead atoms. The van der Waals surface area contributed by atoms with Crippen LogP contribution < -0.4 is 0 Å². The van der Waals surface area contributed by atoms with Crippen LogP contribution in [-0.2, 0) is 0 Å². The topological polar surface area (TPSA) is 12.4 Å². The molecule has 0 aromatic heterocycles. The summed E-state index contributed by atoms with van der Waals surface area (Å²) in [6, 6.07) is 0. The van der Waals surface area contributed by atoms with Crippen molar-refractivity contribution >= 4 is 6.21 Å². The smallest absolute Gasteiger partial charge is 0.0298 e. The third kappa shape index (κ3) is 5.45. The van der Waals surface area contributed by atoms with Gasteiger partial charge in [0, 0.05) is 17.8 Å². The molecule has 0 N–H and O–H groups in total. The Balaban J connectivity index is 2.89. The molecule has 1 nitrogen and oxygen atoms in total. The molecule has 0 aromatic carbocycles. The van der Waals surface area contributed by atoms with Crippen molar-refractivity contribution in [1.29, 1.82) is 0 Å². The Morgan fingerprint density at radius 1 is 1.10 bits per heavy atom. The number of hydrogen-bond donors (Lipinski definition) is 0. The summed E-state index contributed by atoms with van der Waals surface area (Å²) in [6.07, 6.45) is 15.4. The van der Waals surface area contributed by atoms with Crippen LogP contribution in [0.5, 0.6) is 0 Å². The van der Waals surface area contributed by atoms with Gasteiger partial charge in [-0.25, -0.2) is 0 Å². The first-order valence-corrected chi connectivity index (χ1v) is 8.86. The molecule has 1 aliphatic rings. The van der Waals surface area contributed by atoms with Crippen molar-refractivity contribution in [2.24, 2.45) is 28.2 Å². The lowest BCUT2D eigenvalue weighted by Gasteiger charge is -2.33. The Hall–Kier alpha value is -0.850. The highest BCUT2D eigenvalue weighted by atomic mass is 14.7. The van der Waals surface area contributed by atoms with Gasteiger partial charge in [0.1, 0.15) is 0 Å². The van der Waals surface area contributed by atoms with Crippen molar-refractivity contribution in [2.45, 2.75) is 73.6 Å². The summed E-state index contributed by atoms with van der Waals surface area (Å²) in [5, 5.41) is 0. The van der Waals surface area contributed by atoms with Crippen LogP contribution >= 0.6 is 0 Å². The third-order valence-corrected chi connectivity index (χ3v) is 4.86. The van der Waals surface area contributed by atoms with E-state index in [9.17, 15) is 0 Å². The molecule has 1 rings (SSSR count). The molecule has 1 heterocycles. The first-order valence-electron chi connectivity index (χ1n) is 8.86. The molecule has 0 fully saturated rings. The SMILES string of the molecule is CCCC(C)CC(CCC)C1(C)C=CC(C(C)C)=CN=C1. The third-order valence-electron chi connectivity index (χ3n) is 4.86. The second kappa shape index (κ2) is 8.56. The molecular weight excluding hydrogens is 254 g/mol. The predicted octanol–water partition coefficient (Wildman–Crippen LogP) is 6.42. The molecule has 0 aromatic rings. The van der Waals surface area contributed by atoms with Gasteiger partial charge in [-0.15, -0.1) is 0 Å². The number of nitrogens with zero attached hydrogens (tertiary/aromatic N) is 1. The van der Waals surface area contributed by atoms with Gasteiger partial charge in [-0.1, -0.05) is 73.0 Å². The summed E-state index contributed by atoms with van der Waals surface area (Å²) < 4.78 is 0. The monoisotopic (exact) mass is 289 g/mol. The van der Waals surface area contributed by atoms with Gasteiger partial charge >= 0.3 is 0 Å². The van der Waals surface area contributed by atoms with Gasteiger partial charge in [-0.3, -0.25) is 4.99 Å². The Morgan fingerprint density at radius 2 is 1.76 bits per heavy atom. The lowest BCUT2D eigenvalue weighted by Crippen LogP contribution is -2.28. The first kappa shape index (κ1) is 18.2. The number of allylic oxidation sites excluding steroid dienone is 3. The molecule has 0 aliphatic carbocycles. The lowest BCUT2D eigenvalue weighted by atomic mass is 9.71.